The molecular weight excluding hydrogens is 328 g/mol. The Kier molecular flexibility index (Phi) is 5.61. The van der Waals surface area contributed by atoms with Crippen molar-refractivity contribution in [1.29, 1.82) is 0 Å². The number of carbonyl (C=O) groups is 1. The summed E-state index contributed by atoms with van der Waals surface area (Å²) in [5.74, 6) is 0.943. The molecule has 0 saturated heterocycles. The molecule has 3 rings (SSSR count). The molecule has 128 valence electrons. The van der Waals surface area contributed by atoms with Crippen molar-refractivity contribution in [1.82, 2.24) is 4.57 Å². The van der Waals surface area contributed by atoms with Gasteiger partial charge >= 0.3 is 0 Å². The summed E-state index contributed by atoms with van der Waals surface area (Å²) in [6.07, 6.45) is 2.10. The minimum Gasteiger partial charge on any atom is -0.343 e. The molecule has 0 atom stereocenters. The number of amides is 1. The van der Waals surface area contributed by atoms with Crippen molar-refractivity contribution in [2.75, 3.05) is 17.3 Å². The van der Waals surface area contributed by atoms with E-state index in [4.69, 9.17) is 0 Å². The zero-order valence-electron chi connectivity index (χ0n) is 14.5. The Morgan fingerprint density at radius 3 is 2.32 bits per heavy atom. The Bertz CT molecular complexity index is 841. The fraction of sp³-hybridized carbons (Fsp3) is 0.190. The van der Waals surface area contributed by atoms with Gasteiger partial charge in [-0.05, 0) is 36.9 Å². The third kappa shape index (κ3) is 3.97. The predicted octanol–water partition coefficient (Wildman–Crippen LogP) is 5.08. The van der Waals surface area contributed by atoms with Crippen LogP contribution in [0.2, 0.25) is 0 Å². The average Bonchev–Trinajstić information content (AvgIpc) is 2.98. The van der Waals surface area contributed by atoms with Crippen LogP contribution in [0.3, 0.4) is 0 Å². The van der Waals surface area contributed by atoms with Gasteiger partial charge in [-0.25, -0.2) is 0 Å². The van der Waals surface area contributed by atoms with E-state index in [1.54, 1.807) is 0 Å². The summed E-state index contributed by atoms with van der Waals surface area (Å²) in [7, 11) is 0. The van der Waals surface area contributed by atoms with Crippen molar-refractivity contribution in [3.63, 3.8) is 0 Å². The van der Waals surface area contributed by atoms with Gasteiger partial charge in [0.05, 0.1) is 5.56 Å². The minimum atomic E-state index is -0.0659. The first-order chi connectivity index (χ1) is 12.2. The molecule has 2 aromatic carbocycles. The lowest BCUT2D eigenvalue weighted by molar-refractivity contribution is 0.102. The monoisotopic (exact) mass is 350 g/mol. The Balaban J connectivity index is 1.97. The number of nitrogens with zero attached hydrogens (tertiary/aromatic N) is 1. The molecule has 1 heterocycles. The van der Waals surface area contributed by atoms with Gasteiger partial charge in [0.2, 0.25) is 0 Å². The second kappa shape index (κ2) is 8.08. The van der Waals surface area contributed by atoms with Crippen LogP contribution in [0.25, 0.3) is 11.3 Å². The Labute approximate surface area is 153 Å². The molecule has 0 aliphatic heterocycles. The van der Waals surface area contributed by atoms with Crippen LogP contribution >= 0.6 is 11.8 Å². The van der Waals surface area contributed by atoms with E-state index < -0.39 is 0 Å². The number of nitrogens with one attached hydrogen (secondary N) is 1. The van der Waals surface area contributed by atoms with Crippen molar-refractivity contribution in [2.45, 2.75) is 13.5 Å². The van der Waals surface area contributed by atoms with E-state index in [1.165, 1.54) is 0 Å². The second-order valence-corrected chi connectivity index (χ2v) is 6.84. The highest BCUT2D eigenvalue weighted by Gasteiger charge is 2.18. The van der Waals surface area contributed by atoms with E-state index in [0.717, 1.165) is 40.5 Å². The molecule has 3 aromatic rings. The van der Waals surface area contributed by atoms with Crippen LogP contribution in [0.1, 0.15) is 16.1 Å². The summed E-state index contributed by atoms with van der Waals surface area (Å²) in [5, 5.41) is 2.99. The van der Waals surface area contributed by atoms with Gasteiger partial charge in [0.25, 0.3) is 5.91 Å². The van der Waals surface area contributed by atoms with Gasteiger partial charge in [-0.2, -0.15) is 11.8 Å². The Hall–Kier alpha value is -2.46. The smallest absolute Gasteiger partial charge is 0.257 e. The summed E-state index contributed by atoms with van der Waals surface area (Å²) in [6, 6.07) is 21.8. The lowest BCUT2D eigenvalue weighted by Gasteiger charge is -2.11. The van der Waals surface area contributed by atoms with Crippen molar-refractivity contribution in [3.05, 3.63) is 78.0 Å². The van der Waals surface area contributed by atoms with Crippen LogP contribution in [0, 0.1) is 6.92 Å². The van der Waals surface area contributed by atoms with Gasteiger partial charge in [0, 0.05) is 29.4 Å². The van der Waals surface area contributed by atoms with Gasteiger partial charge in [-0.1, -0.05) is 48.5 Å². The molecule has 0 fully saturated rings. The quantitative estimate of drug-likeness (QED) is 0.673. The molecule has 4 heteroatoms. The lowest BCUT2D eigenvalue weighted by atomic mass is 10.1. The first-order valence-corrected chi connectivity index (χ1v) is 9.71. The number of rotatable bonds is 6. The number of benzene rings is 2. The highest BCUT2D eigenvalue weighted by molar-refractivity contribution is 7.98. The van der Waals surface area contributed by atoms with Crippen LogP contribution in [0.5, 0.6) is 0 Å². The summed E-state index contributed by atoms with van der Waals surface area (Å²) in [5.41, 5.74) is 4.76. The fourth-order valence-electron chi connectivity index (χ4n) is 2.91. The van der Waals surface area contributed by atoms with Crippen LogP contribution in [-0.4, -0.2) is 22.5 Å². The number of thioether (sulfide) groups is 1. The van der Waals surface area contributed by atoms with E-state index in [-0.39, 0.29) is 5.91 Å². The molecule has 0 aliphatic rings. The van der Waals surface area contributed by atoms with Gasteiger partial charge in [-0.3, -0.25) is 4.79 Å². The molecule has 0 saturated carbocycles. The van der Waals surface area contributed by atoms with E-state index in [2.05, 4.69) is 28.3 Å². The molecule has 0 aliphatic carbocycles. The Morgan fingerprint density at radius 2 is 1.68 bits per heavy atom. The highest BCUT2D eigenvalue weighted by Crippen LogP contribution is 2.27. The van der Waals surface area contributed by atoms with Crippen molar-refractivity contribution >= 4 is 23.4 Å². The van der Waals surface area contributed by atoms with E-state index in [1.807, 2.05) is 73.3 Å². The first kappa shape index (κ1) is 17.4. The molecule has 1 amide bonds. The highest BCUT2D eigenvalue weighted by atomic mass is 32.2. The van der Waals surface area contributed by atoms with E-state index in [0.29, 0.717) is 0 Å². The van der Waals surface area contributed by atoms with Crippen LogP contribution in [0.4, 0.5) is 5.69 Å². The third-order valence-corrected chi connectivity index (χ3v) is 4.82. The molecule has 1 N–H and O–H groups in total. The summed E-state index contributed by atoms with van der Waals surface area (Å²) >= 11 is 1.81. The van der Waals surface area contributed by atoms with Crippen molar-refractivity contribution in [3.8, 4) is 11.3 Å². The normalized spacial score (nSPS) is 10.6. The second-order valence-electron chi connectivity index (χ2n) is 5.86. The standard InChI is InChI=1S/C21H22N2OS/c1-16-19(21(24)22-18-11-7-4-8-12-18)15-20(23(16)13-14-25-2)17-9-5-3-6-10-17/h3-12,15H,13-14H2,1-2H3,(H,22,24). The minimum absolute atomic E-state index is 0.0659. The van der Waals surface area contributed by atoms with Crippen LogP contribution in [-0.2, 0) is 6.54 Å². The molecule has 0 unspecified atom stereocenters. The van der Waals surface area contributed by atoms with Gasteiger partial charge in [0.1, 0.15) is 0 Å². The molecular formula is C21H22N2OS. The number of aromatic nitrogens is 1. The maximum absolute atomic E-state index is 12.8. The van der Waals surface area contributed by atoms with Crippen molar-refractivity contribution < 1.29 is 4.79 Å². The van der Waals surface area contributed by atoms with Gasteiger partial charge in [0.15, 0.2) is 0 Å². The van der Waals surface area contributed by atoms with Gasteiger partial charge < -0.3 is 9.88 Å². The fourth-order valence-corrected chi connectivity index (χ4v) is 3.28. The summed E-state index contributed by atoms with van der Waals surface area (Å²) < 4.78 is 2.24. The van der Waals surface area contributed by atoms with Crippen LogP contribution < -0.4 is 5.32 Å². The SMILES string of the molecule is CSCCn1c(-c2ccccc2)cc(C(=O)Nc2ccccc2)c1C. The summed E-state index contributed by atoms with van der Waals surface area (Å²) in [4.78, 5) is 12.8. The molecule has 3 nitrogen and oxygen atoms in total. The molecule has 0 spiro atoms. The molecule has 1 aromatic heterocycles. The molecule has 25 heavy (non-hydrogen) atoms. The number of carbonyl (C=O) groups excluding carboxylic acids is 1. The number of hydrogen-bond donors (Lipinski definition) is 1. The summed E-state index contributed by atoms with van der Waals surface area (Å²) in [6.45, 7) is 2.91. The topological polar surface area (TPSA) is 34.0 Å². The zero-order valence-corrected chi connectivity index (χ0v) is 15.3. The van der Waals surface area contributed by atoms with E-state index in [9.17, 15) is 4.79 Å². The predicted molar refractivity (Wildman–Crippen MR) is 107 cm³/mol. The Morgan fingerprint density at radius 1 is 1.04 bits per heavy atom. The number of anilines is 1. The average molecular weight is 350 g/mol. The maximum atomic E-state index is 12.8. The zero-order chi connectivity index (χ0) is 17.6. The maximum Gasteiger partial charge on any atom is 0.257 e. The van der Waals surface area contributed by atoms with E-state index >= 15 is 0 Å². The lowest BCUT2D eigenvalue weighted by Crippen LogP contribution is -2.13. The van der Waals surface area contributed by atoms with Crippen LogP contribution in [0.15, 0.2) is 66.7 Å². The molecule has 0 radical (unpaired) electrons. The first-order valence-electron chi connectivity index (χ1n) is 8.31. The largest absolute Gasteiger partial charge is 0.343 e. The van der Waals surface area contributed by atoms with Crippen molar-refractivity contribution in [2.24, 2.45) is 0 Å². The number of para-hydroxylation sites is 1. The molecule has 0 bridgehead atoms. The number of hydrogen-bond acceptors (Lipinski definition) is 2. The third-order valence-electron chi connectivity index (χ3n) is 4.23. The van der Waals surface area contributed by atoms with Gasteiger partial charge in [-0.15, -0.1) is 0 Å².